The Balaban J connectivity index is 1.54. The van der Waals surface area contributed by atoms with Gasteiger partial charge in [0.05, 0.1) is 36.8 Å². The van der Waals surface area contributed by atoms with Crippen LogP contribution in [0.15, 0.2) is 48.8 Å². The molecule has 0 atom stereocenters. The number of hydrogen-bond acceptors (Lipinski definition) is 7. The first-order valence-electron chi connectivity index (χ1n) is 9.90. The van der Waals surface area contributed by atoms with Crippen LogP contribution in [-0.2, 0) is 17.8 Å². The Hall–Kier alpha value is -3.34. The van der Waals surface area contributed by atoms with Gasteiger partial charge < -0.3 is 14.6 Å². The van der Waals surface area contributed by atoms with E-state index in [9.17, 15) is 10.4 Å². The van der Waals surface area contributed by atoms with Crippen molar-refractivity contribution < 1.29 is 14.6 Å². The summed E-state index contributed by atoms with van der Waals surface area (Å²) < 4.78 is 11.4. The molecule has 152 valence electrons. The second-order valence-electron chi connectivity index (χ2n) is 7.10. The Kier molecular flexibility index (Phi) is 6.28. The Morgan fingerprint density at radius 2 is 1.93 bits per heavy atom. The first-order chi connectivity index (χ1) is 14.7. The highest BCUT2D eigenvalue weighted by atomic mass is 16.5. The molecule has 0 radical (unpaired) electrons. The lowest BCUT2D eigenvalue weighted by Crippen LogP contribution is -2.26. The fourth-order valence-electron chi connectivity index (χ4n) is 3.40. The van der Waals surface area contributed by atoms with Gasteiger partial charge >= 0.3 is 0 Å². The number of benzene rings is 1. The molecule has 0 amide bonds. The summed E-state index contributed by atoms with van der Waals surface area (Å²) in [4.78, 5) is 13.1. The van der Waals surface area contributed by atoms with E-state index in [0.29, 0.717) is 42.5 Å². The zero-order chi connectivity index (χ0) is 20.8. The van der Waals surface area contributed by atoms with Crippen molar-refractivity contribution in [2.75, 3.05) is 13.2 Å². The highest BCUT2D eigenvalue weighted by Gasteiger charge is 2.17. The quantitative estimate of drug-likeness (QED) is 0.676. The lowest BCUT2D eigenvalue weighted by molar-refractivity contribution is 0.0254. The van der Waals surface area contributed by atoms with Crippen LogP contribution in [0.2, 0.25) is 0 Å². The second kappa shape index (κ2) is 9.44. The van der Waals surface area contributed by atoms with Gasteiger partial charge in [0.15, 0.2) is 0 Å². The smallest absolute Gasteiger partial charge is 0.137 e. The third-order valence-corrected chi connectivity index (χ3v) is 4.97. The summed E-state index contributed by atoms with van der Waals surface area (Å²) in [6, 6.07) is 13.3. The Labute approximate surface area is 175 Å². The average molecular weight is 402 g/mol. The largest absolute Gasteiger partial charge is 0.489 e. The molecule has 0 unspecified atom stereocenters. The number of rotatable bonds is 6. The minimum Gasteiger partial charge on any atom is -0.489 e. The molecular formula is C23H22N4O3. The number of nitrogens with zero attached hydrogens (tertiary/aromatic N) is 4. The van der Waals surface area contributed by atoms with E-state index in [4.69, 9.17) is 9.47 Å². The molecule has 7 nitrogen and oxygen atoms in total. The molecule has 0 saturated carbocycles. The predicted octanol–water partition coefficient (Wildman–Crippen LogP) is 3.05. The highest BCUT2D eigenvalue weighted by molar-refractivity contribution is 5.64. The van der Waals surface area contributed by atoms with Gasteiger partial charge in [0.25, 0.3) is 0 Å². The number of pyridine rings is 1. The number of aliphatic hydroxyl groups excluding tert-OH is 1. The van der Waals surface area contributed by atoms with Gasteiger partial charge in [-0.1, -0.05) is 0 Å². The normalized spacial score (nSPS) is 14.3. The van der Waals surface area contributed by atoms with Crippen molar-refractivity contribution in [1.82, 2.24) is 15.0 Å². The SMILES string of the molecule is N#Cc1cc(-c2ccnc(Cc3ccnc(CO)c3)n2)ccc1OC1CCOCC1. The summed E-state index contributed by atoms with van der Waals surface area (Å²) in [5.74, 6) is 1.25. The average Bonchev–Trinajstić information content (AvgIpc) is 2.80. The van der Waals surface area contributed by atoms with E-state index in [1.54, 1.807) is 18.5 Å². The van der Waals surface area contributed by atoms with Gasteiger partial charge in [-0.25, -0.2) is 9.97 Å². The van der Waals surface area contributed by atoms with E-state index in [-0.39, 0.29) is 12.7 Å². The van der Waals surface area contributed by atoms with Gasteiger partial charge in [0.2, 0.25) is 0 Å². The molecule has 2 aromatic heterocycles. The van der Waals surface area contributed by atoms with Gasteiger partial charge in [-0.3, -0.25) is 4.98 Å². The van der Waals surface area contributed by atoms with Crippen molar-refractivity contribution in [3.05, 3.63) is 71.4 Å². The maximum Gasteiger partial charge on any atom is 0.137 e. The van der Waals surface area contributed by atoms with Crippen LogP contribution in [0.1, 0.15) is 35.5 Å². The number of ether oxygens (including phenoxy) is 2. The van der Waals surface area contributed by atoms with Crippen molar-refractivity contribution in [3.63, 3.8) is 0 Å². The standard InChI is InChI=1S/C23H22N4O3/c24-14-18-13-17(1-2-22(18)30-20-5-9-29-10-6-20)21-4-8-26-23(27-21)12-16-3-7-25-19(11-16)15-28/h1-4,7-8,11,13,20,28H,5-6,9-10,12,15H2. The van der Waals surface area contributed by atoms with E-state index in [2.05, 4.69) is 21.0 Å². The number of nitriles is 1. The summed E-state index contributed by atoms with van der Waals surface area (Å²) in [5, 5.41) is 18.9. The van der Waals surface area contributed by atoms with E-state index in [1.165, 1.54) is 0 Å². The molecule has 1 aliphatic rings. The maximum atomic E-state index is 9.60. The van der Waals surface area contributed by atoms with Crippen LogP contribution >= 0.6 is 0 Å². The topological polar surface area (TPSA) is 101 Å². The maximum absolute atomic E-state index is 9.60. The zero-order valence-electron chi connectivity index (χ0n) is 16.5. The Bertz CT molecular complexity index is 1060. The van der Waals surface area contributed by atoms with Crippen LogP contribution in [0.4, 0.5) is 0 Å². The van der Waals surface area contributed by atoms with E-state index in [0.717, 1.165) is 29.7 Å². The number of aliphatic hydroxyl groups is 1. The molecule has 1 aromatic carbocycles. The van der Waals surface area contributed by atoms with Crippen molar-refractivity contribution in [3.8, 4) is 23.1 Å². The summed E-state index contributed by atoms with van der Waals surface area (Å²) >= 11 is 0. The van der Waals surface area contributed by atoms with Gasteiger partial charge in [-0.15, -0.1) is 0 Å². The minimum atomic E-state index is -0.103. The van der Waals surface area contributed by atoms with Gasteiger partial charge in [-0.2, -0.15) is 5.26 Å². The summed E-state index contributed by atoms with van der Waals surface area (Å²) in [6.45, 7) is 1.27. The van der Waals surface area contributed by atoms with Crippen LogP contribution in [0.25, 0.3) is 11.3 Å². The van der Waals surface area contributed by atoms with Crippen molar-refractivity contribution >= 4 is 0 Å². The molecule has 1 fully saturated rings. The monoisotopic (exact) mass is 402 g/mol. The summed E-state index contributed by atoms with van der Waals surface area (Å²) in [6.07, 6.45) is 5.64. The first-order valence-corrected chi connectivity index (χ1v) is 9.90. The Morgan fingerprint density at radius 3 is 2.73 bits per heavy atom. The molecule has 0 spiro atoms. The third-order valence-electron chi connectivity index (χ3n) is 4.97. The predicted molar refractivity (Wildman–Crippen MR) is 110 cm³/mol. The molecule has 3 aromatic rings. The van der Waals surface area contributed by atoms with Crippen molar-refractivity contribution in [1.29, 1.82) is 5.26 Å². The zero-order valence-corrected chi connectivity index (χ0v) is 16.5. The van der Waals surface area contributed by atoms with Crippen LogP contribution in [0.3, 0.4) is 0 Å². The molecule has 4 rings (SSSR count). The molecule has 1 aliphatic heterocycles. The molecule has 1 N–H and O–H groups in total. The van der Waals surface area contributed by atoms with Crippen molar-refractivity contribution in [2.24, 2.45) is 0 Å². The molecule has 3 heterocycles. The van der Waals surface area contributed by atoms with Crippen LogP contribution in [0, 0.1) is 11.3 Å². The van der Waals surface area contributed by atoms with Crippen LogP contribution in [0.5, 0.6) is 5.75 Å². The fourth-order valence-corrected chi connectivity index (χ4v) is 3.40. The molecule has 0 bridgehead atoms. The minimum absolute atomic E-state index is 0.0755. The van der Waals surface area contributed by atoms with Gasteiger partial charge in [0.1, 0.15) is 23.7 Å². The third kappa shape index (κ3) is 4.79. The number of hydrogen-bond donors (Lipinski definition) is 1. The molecule has 1 saturated heterocycles. The molecular weight excluding hydrogens is 380 g/mol. The second-order valence-corrected chi connectivity index (χ2v) is 7.10. The molecule has 0 aliphatic carbocycles. The number of aromatic nitrogens is 3. The van der Waals surface area contributed by atoms with Gasteiger partial charge in [-0.05, 0) is 42.0 Å². The summed E-state index contributed by atoms with van der Waals surface area (Å²) in [7, 11) is 0. The first kappa shape index (κ1) is 20.0. The molecule has 7 heteroatoms. The van der Waals surface area contributed by atoms with Crippen LogP contribution < -0.4 is 4.74 Å². The lowest BCUT2D eigenvalue weighted by Gasteiger charge is -2.23. The molecule has 30 heavy (non-hydrogen) atoms. The highest BCUT2D eigenvalue weighted by Crippen LogP contribution is 2.27. The van der Waals surface area contributed by atoms with Crippen molar-refractivity contribution in [2.45, 2.75) is 32.0 Å². The summed E-state index contributed by atoms with van der Waals surface area (Å²) in [5.41, 5.74) is 3.65. The van der Waals surface area contributed by atoms with E-state index in [1.807, 2.05) is 30.3 Å². The van der Waals surface area contributed by atoms with E-state index >= 15 is 0 Å². The van der Waals surface area contributed by atoms with Gasteiger partial charge in [0, 0.05) is 37.2 Å². The lowest BCUT2D eigenvalue weighted by atomic mass is 10.1. The Morgan fingerprint density at radius 1 is 1.10 bits per heavy atom. The van der Waals surface area contributed by atoms with E-state index < -0.39 is 0 Å². The fraction of sp³-hybridized carbons (Fsp3) is 0.304. The van der Waals surface area contributed by atoms with Crippen LogP contribution in [-0.4, -0.2) is 39.4 Å².